The Balaban J connectivity index is 0. The molecule has 5 heavy (non-hydrogen) atoms. The molecular formula is C3H10LiSi. The van der Waals surface area contributed by atoms with E-state index in [1.807, 2.05) is 0 Å². The van der Waals surface area contributed by atoms with Crippen molar-refractivity contribution in [2.45, 2.75) is 11.6 Å². The fraction of sp³-hybridized carbons (Fsp3) is 0.667. The molecule has 0 aromatic rings. The fourth-order valence-electron chi connectivity index (χ4n) is 0. The summed E-state index contributed by atoms with van der Waals surface area (Å²) in [6, 6.07) is 0. The molecule has 0 atom stereocenters. The average Bonchev–Trinajstić information content (AvgIpc) is 1.46. The third kappa shape index (κ3) is 57.5. The van der Waals surface area contributed by atoms with Crippen LogP contribution in [0, 0.1) is 6.92 Å². The van der Waals surface area contributed by atoms with Crippen LogP contribution >= 0.6 is 0 Å². The monoisotopic (exact) mass is 81.1 g/mol. The van der Waals surface area contributed by atoms with E-state index in [0.717, 1.165) is 0 Å². The molecule has 0 nitrogen and oxygen atoms in total. The molecule has 0 saturated carbocycles. The van der Waals surface area contributed by atoms with Gasteiger partial charge in [0.25, 0.3) is 0 Å². The number of hydrogen-bond donors (Lipinski definition) is 0. The van der Waals surface area contributed by atoms with Gasteiger partial charge in [-0.25, -0.2) is 0 Å². The molecule has 0 aromatic carbocycles. The van der Waals surface area contributed by atoms with Crippen LogP contribution in [0.4, 0.5) is 0 Å². The Morgan fingerprint density at radius 1 is 1.80 bits per heavy atom. The Bertz CT molecular complexity index is 6.85. The molecule has 0 rings (SSSR count). The zero-order chi connectivity index (χ0) is 4.71. The summed E-state index contributed by atoms with van der Waals surface area (Å²) >= 11 is 2.19. The van der Waals surface area contributed by atoms with Gasteiger partial charge in [-0.15, -0.1) is 0 Å². The molecule has 2 heteroatoms. The summed E-state index contributed by atoms with van der Waals surface area (Å²) in [5.41, 5.74) is 0. The second-order valence-corrected chi connectivity index (χ2v) is 2.12. The standard InChI is InChI=1S/C2H5.CH5Si.Li/c2*1-2;/h2*1H2,2H3;. The molecule has 0 bridgehead atoms. The first kappa shape index (κ1) is 9.26. The Hall–Kier alpha value is 0.814. The fourth-order valence-corrected chi connectivity index (χ4v) is 0. The van der Waals surface area contributed by atoms with Gasteiger partial charge in [-0.2, -0.15) is 0 Å². The number of rotatable bonds is 0. The first-order valence-corrected chi connectivity index (χ1v) is 3.54. The number of hydrogen-bond acceptors (Lipinski definition) is 0. The van der Waals surface area contributed by atoms with E-state index in [9.17, 15) is 0 Å². The molecule has 27 valence electrons. The van der Waals surface area contributed by atoms with Crippen LogP contribution in [0.25, 0.3) is 0 Å². The van der Waals surface area contributed by atoms with Crippen molar-refractivity contribution in [3.8, 4) is 0 Å². The second-order valence-electron chi connectivity index (χ2n) is 0.707. The van der Waals surface area contributed by atoms with E-state index in [-0.39, 0.29) is 0 Å². The average molecular weight is 81.1 g/mol. The third-order valence-corrected chi connectivity index (χ3v) is 0. The van der Waals surface area contributed by atoms with Gasteiger partial charge >= 0.3 is 32.7 Å². The summed E-state index contributed by atoms with van der Waals surface area (Å²) in [4.78, 5) is 0. The van der Waals surface area contributed by atoms with E-state index >= 15 is 0 Å². The van der Waals surface area contributed by atoms with E-state index in [0.29, 0.717) is 0 Å². The Labute approximate surface area is 47.0 Å². The predicted molar refractivity (Wildman–Crippen MR) is 31.5 cm³/mol. The van der Waals surface area contributed by atoms with E-state index < -0.39 is 0 Å². The van der Waals surface area contributed by atoms with Gasteiger partial charge in [-0.3, -0.25) is 0 Å². The Kier molecular flexibility index (Phi) is 39.4. The van der Waals surface area contributed by atoms with Crippen molar-refractivity contribution in [2.24, 2.45) is 0 Å². The Morgan fingerprint density at radius 3 is 1.80 bits per heavy atom. The van der Waals surface area contributed by atoms with Crippen LogP contribution in [0.3, 0.4) is 0 Å². The summed E-state index contributed by atoms with van der Waals surface area (Å²) in [5.74, 6) is 0. The molecule has 0 aliphatic carbocycles. The molecule has 1 radical (unpaired) electrons. The van der Waals surface area contributed by atoms with E-state index in [1.54, 1.807) is 6.92 Å². The van der Waals surface area contributed by atoms with Gasteiger partial charge in [0.15, 0.2) is 0 Å². The summed E-state index contributed by atoms with van der Waals surface area (Å²) in [6.07, 6.45) is 0. The maximum absolute atomic E-state index is 3.25. The molecule has 0 fully saturated rings. The first-order valence-electron chi connectivity index (χ1n) is 2.12. The summed E-state index contributed by atoms with van der Waals surface area (Å²) in [5, 5.41) is 0. The third-order valence-electron chi connectivity index (χ3n) is 0. The minimum absolute atomic E-state index is 1.37. The summed E-state index contributed by atoms with van der Waals surface area (Å²) < 4.78 is 1.39. The summed E-state index contributed by atoms with van der Waals surface area (Å²) in [7, 11) is 1.37. The van der Waals surface area contributed by atoms with Crippen molar-refractivity contribution in [3.05, 3.63) is 6.92 Å². The van der Waals surface area contributed by atoms with Crippen LogP contribution in [-0.4, -0.2) is 28.0 Å². The SMILES string of the molecule is [CH2]C.[Li][CH2][SiH3]. The zero-order valence-electron chi connectivity index (χ0n) is 4.41. The quantitative estimate of drug-likeness (QED) is 0.352. The maximum atomic E-state index is 3.25. The molecule has 0 amide bonds. The van der Waals surface area contributed by atoms with Gasteiger partial charge < -0.3 is 0 Å². The van der Waals surface area contributed by atoms with Gasteiger partial charge in [-0.1, -0.05) is 13.8 Å². The molecule has 0 heterocycles. The second kappa shape index (κ2) is 21.3. The van der Waals surface area contributed by atoms with Crippen LogP contribution in [0.5, 0.6) is 0 Å². The molecule has 0 aliphatic heterocycles. The topological polar surface area (TPSA) is 0 Å². The van der Waals surface area contributed by atoms with E-state index in [4.69, 9.17) is 0 Å². The van der Waals surface area contributed by atoms with Crippen molar-refractivity contribution in [1.29, 1.82) is 0 Å². The van der Waals surface area contributed by atoms with E-state index in [2.05, 4.69) is 24.6 Å². The predicted octanol–water partition coefficient (Wildman–Crippen LogP) is -0.264. The Morgan fingerprint density at radius 2 is 1.80 bits per heavy atom. The molecule has 0 unspecified atom stereocenters. The van der Waals surface area contributed by atoms with Crippen LogP contribution < -0.4 is 0 Å². The molecule has 0 aliphatic rings. The zero-order valence-corrected chi connectivity index (χ0v) is 6.41. The molecule has 0 saturated heterocycles. The summed E-state index contributed by atoms with van der Waals surface area (Å²) in [6.45, 7) is 5.00. The normalized spacial score (nSPS) is 5.60. The molecule has 0 N–H and O–H groups in total. The van der Waals surface area contributed by atoms with Gasteiger partial charge in [0.1, 0.15) is 0 Å². The van der Waals surface area contributed by atoms with Crippen molar-refractivity contribution >= 4 is 28.0 Å². The van der Waals surface area contributed by atoms with Gasteiger partial charge in [0.2, 0.25) is 0 Å². The van der Waals surface area contributed by atoms with E-state index in [1.165, 1.54) is 15.0 Å². The van der Waals surface area contributed by atoms with Crippen LogP contribution in [0.1, 0.15) is 6.92 Å². The van der Waals surface area contributed by atoms with Crippen molar-refractivity contribution in [3.63, 3.8) is 0 Å². The van der Waals surface area contributed by atoms with Crippen molar-refractivity contribution < 1.29 is 0 Å². The van der Waals surface area contributed by atoms with Gasteiger partial charge in [-0.05, 0) is 0 Å². The van der Waals surface area contributed by atoms with Crippen molar-refractivity contribution in [1.82, 2.24) is 0 Å². The van der Waals surface area contributed by atoms with Crippen LogP contribution in [0.2, 0.25) is 4.72 Å². The molecule has 0 aromatic heterocycles. The first-order chi connectivity index (χ1) is 2.41. The minimum atomic E-state index is 1.37. The van der Waals surface area contributed by atoms with Crippen LogP contribution in [-0.2, 0) is 0 Å². The molecular weight excluding hydrogens is 71.1 g/mol. The van der Waals surface area contributed by atoms with Crippen molar-refractivity contribution in [2.75, 3.05) is 0 Å². The van der Waals surface area contributed by atoms with Gasteiger partial charge in [0.05, 0.1) is 0 Å². The van der Waals surface area contributed by atoms with Gasteiger partial charge in [0, 0.05) is 0 Å². The van der Waals surface area contributed by atoms with Crippen LogP contribution in [0.15, 0.2) is 0 Å². The molecule has 0 spiro atoms.